The van der Waals surface area contributed by atoms with E-state index in [-0.39, 0.29) is 18.1 Å². The largest absolute Gasteiger partial charge is 0.369 e. The molecule has 2 aliphatic rings. The third-order valence-corrected chi connectivity index (χ3v) is 5.20. The molecule has 1 fully saturated rings. The molecule has 2 aliphatic heterocycles. The van der Waals surface area contributed by atoms with Crippen molar-refractivity contribution in [1.82, 2.24) is 20.1 Å². The van der Waals surface area contributed by atoms with Crippen molar-refractivity contribution in [1.29, 1.82) is 5.26 Å². The standard InChI is InChI=1S/C19H22N6O2/c1-12-9-15-17(13(2)27-12)22-23-18(15)19(26)25-7-5-24(6-8-25)16-10-14(11-20)3-4-21-16/h3-4,10,12-13H,5-9H2,1-2H3,(H,22,23)/t12-,13+/m1/s1. The highest BCUT2D eigenvalue weighted by atomic mass is 16.5. The molecule has 8 nitrogen and oxygen atoms in total. The lowest BCUT2D eigenvalue weighted by atomic mass is 9.99. The van der Waals surface area contributed by atoms with Crippen molar-refractivity contribution in [3.05, 3.63) is 40.8 Å². The summed E-state index contributed by atoms with van der Waals surface area (Å²) in [4.78, 5) is 21.3. The second-order valence-electron chi connectivity index (χ2n) is 7.05. The highest BCUT2D eigenvalue weighted by Gasteiger charge is 2.32. The van der Waals surface area contributed by atoms with Gasteiger partial charge in [-0.1, -0.05) is 0 Å². The third kappa shape index (κ3) is 3.26. The molecule has 0 saturated carbocycles. The molecule has 2 aromatic rings. The van der Waals surface area contributed by atoms with Crippen LogP contribution in [0.5, 0.6) is 0 Å². The fourth-order valence-corrected chi connectivity index (χ4v) is 3.80. The minimum Gasteiger partial charge on any atom is -0.369 e. The Balaban J connectivity index is 1.46. The number of nitrogens with one attached hydrogen (secondary N) is 1. The number of nitrogens with zero attached hydrogens (tertiary/aromatic N) is 5. The smallest absolute Gasteiger partial charge is 0.274 e. The molecular weight excluding hydrogens is 344 g/mol. The fraction of sp³-hybridized carbons (Fsp3) is 0.474. The Morgan fingerprint density at radius 1 is 1.33 bits per heavy atom. The second kappa shape index (κ2) is 7.00. The first-order chi connectivity index (χ1) is 13.1. The first-order valence-corrected chi connectivity index (χ1v) is 9.19. The predicted molar refractivity (Wildman–Crippen MR) is 98.3 cm³/mol. The van der Waals surface area contributed by atoms with Crippen LogP contribution in [0.1, 0.15) is 47.3 Å². The van der Waals surface area contributed by atoms with Crippen LogP contribution in [0.2, 0.25) is 0 Å². The van der Waals surface area contributed by atoms with E-state index in [2.05, 4.69) is 26.2 Å². The van der Waals surface area contributed by atoms with Crippen LogP contribution in [0.4, 0.5) is 5.82 Å². The number of anilines is 1. The van der Waals surface area contributed by atoms with E-state index >= 15 is 0 Å². The number of pyridine rings is 1. The Bertz CT molecular complexity index is 894. The van der Waals surface area contributed by atoms with Gasteiger partial charge in [-0.25, -0.2) is 4.98 Å². The van der Waals surface area contributed by atoms with E-state index in [1.807, 2.05) is 18.7 Å². The van der Waals surface area contributed by atoms with E-state index in [9.17, 15) is 4.79 Å². The maximum Gasteiger partial charge on any atom is 0.274 e. The summed E-state index contributed by atoms with van der Waals surface area (Å²) in [6, 6.07) is 5.61. The molecule has 2 aromatic heterocycles. The normalized spacial score (nSPS) is 22.3. The summed E-state index contributed by atoms with van der Waals surface area (Å²) in [5, 5.41) is 16.3. The fourth-order valence-electron chi connectivity index (χ4n) is 3.80. The van der Waals surface area contributed by atoms with Crippen LogP contribution in [0.25, 0.3) is 0 Å². The van der Waals surface area contributed by atoms with Gasteiger partial charge in [0.2, 0.25) is 0 Å². The Kier molecular flexibility index (Phi) is 4.54. The number of amides is 1. The van der Waals surface area contributed by atoms with Gasteiger partial charge in [-0.05, 0) is 26.0 Å². The van der Waals surface area contributed by atoms with Crippen LogP contribution < -0.4 is 4.90 Å². The molecule has 0 spiro atoms. The number of fused-ring (bicyclic) bond motifs is 1. The summed E-state index contributed by atoms with van der Waals surface area (Å²) >= 11 is 0. The zero-order valence-corrected chi connectivity index (χ0v) is 15.5. The van der Waals surface area contributed by atoms with Gasteiger partial charge in [-0.3, -0.25) is 9.89 Å². The van der Waals surface area contributed by atoms with Gasteiger partial charge >= 0.3 is 0 Å². The summed E-state index contributed by atoms with van der Waals surface area (Å²) in [6.45, 7) is 6.54. The van der Waals surface area contributed by atoms with Crippen LogP contribution in [0, 0.1) is 11.3 Å². The number of rotatable bonds is 2. The molecule has 27 heavy (non-hydrogen) atoms. The predicted octanol–water partition coefficient (Wildman–Crippen LogP) is 1.66. The number of hydrogen-bond donors (Lipinski definition) is 1. The Labute approximate surface area is 157 Å². The molecule has 0 bridgehead atoms. The number of H-pyrrole nitrogens is 1. The summed E-state index contributed by atoms with van der Waals surface area (Å²) in [7, 11) is 0. The number of aromatic amines is 1. The van der Waals surface area contributed by atoms with E-state index in [0.717, 1.165) is 17.1 Å². The summed E-state index contributed by atoms with van der Waals surface area (Å²) in [5.74, 6) is 0.741. The molecule has 4 rings (SSSR count). The SMILES string of the molecule is C[C@@H]1Cc2c(C(=O)N3CCN(c4cc(C#N)ccn4)CC3)n[nH]c2[C@H](C)O1. The maximum atomic E-state index is 13.0. The van der Waals surface area contributed by atoms with Crippen LogP contribution >= 0.6 is 0 Å². The highest BCUT2D eigenvalue weighted by molar-refractivity contribution is 5.94. The number of nitriles is 1. The Hall–Kier alpha value is -2.92. The van der Waals surface area contributed by atoms with Gasteiger partial charge < -0.3 is 14.5 Å². The monoisotopic (exact) mass is 366 g/mol. The molecule has 1 amide bonds. The lowest BCUT2D eigenvalue weighted by Crippen LogP contribution is -2.49. The first kappa shape index (κ1) is 17.5. The molecule has 0 aliphatic carbocycles. The first-order valence-electron chi connectivity index (χ1n) is 9.19. The van der Waals surface area contributed by atoms with Crippen molar-refractivity contribution in [2.75, 3.05) is 31.1 Å². The minimum atomic E-state index is -0.0758. The Morgan fingerprint density at radius 3 is 2.85 bits per heavy atom. The number of piperazine rings is 1. The van der Waals surface area contributed by atoms with Gasteiger partial charge in [-0.2, -0.15) is 10.4 Å². The second-order valence-corrected chi connectivity index (χ2v) is 7.05. The number of hydrogen-bond acceptors (Lipinski definition) is 6. The number of carbonyl (C=O) groups is 1. The van der Waals surface area contributed by atoms with Gasteiger partial charge in [-0.15, -0.1) is 0 Å². The minimum absolute atomic E-state index is 0.0350. The molecule has 4 heterocycles. The van der Waals surface area contributed by atoms with Gasteiger partial charge in [0, 0.05) is 44.4 Å². The van der Waals surface area contributed by atoms with E-state index in [1.165, 1.54) is 0 Å². The van der Waals surface area contributed by atoms with Crippen LogP contribution in [-0.4, -0.2) is 58.3 Å². The zero-order valence-electron chi connectivity index (χ0n) is 15.5. The molecule has 0 aromatic carbocycles. The quantitative estimate of drug-likeness (QED) is 0.868. The van der Waals surface area contributed by atoms with Crippen molar-refractivity contribution in [3.8, 4) is 6.07 Å². The van der Waals surface area contributed by atoms with Crippen LogP contribution in [-0.2, 0) is 11.2 Å². The number of carbonyl (C=O) groups excluding carboxylic acids is 1. The zero-order chi connectivity index (χ0) is 19.0. The van der Waals surface area contributed by atoms with Gasteiger partial charge in [0.05, 0.1) is 29.5 Å². The molecule has 140 valence electrons. The third-order valence-electron chi connectivity index (χ3n) is 5.20. The van der Waals surface area contributed by atoms with Gasteiger partial charge in [0.15, 0.2) is 5.69 Å². The molecule has 1 N–H and O–H groups in total. The highest BCUT2D eigenvalue weighted by Crippen LogP contribution is 2.30. The van der Waals surface area contributed by atoms with Gasteiger partial charge in [0.25, 0.3) is 5.91 Å². The molecule has 0 radical (unpaired) electrons. The van der Waals surface area contributed by atoms with Gasteiger partial charge in [0.1, 0.15) is 5.82 Å². The van der Waals surface area contributed by atoms with Crippen molar-refractivity contribution >= 4 is 11.7 Å². The lowest BCUT2D eigenvalue weighted by molar-refractivity contribution is -0.00702. The van der Waals surface area contributed by atoms with Crippen molar-refractivity contribution in [2.45, 2.75) is 32.5 Å². The Morgan fingerprint density at radius 2 is 2.11 bits per heavy atom. The summed E-state index contributed by atoms with van der Waals surface area (Å²) in [5.41, 5.74) is 3.00. The molecule has 2 atom stereocenters. The van der Waals surface area contributed by atoms with Crippen molar-refractivity contribution in [2.24, 2.45) is 0 Å². The molecular formula is C19H22N6O2. The number of ether oxygens (including phenoxy) is 1. The molecule has 1 saturated heterocycles. The average Bonchev–Trinajstić information content (AvgIpc) is 3.11. The van der Waals surface area contributed by atoms with E-state index in [4.69, 9.17) is 10.00 Å². The van der Waals surface area contributed by atoms with E-state index < -0.39 is 0 Å². The summed E-state index contributed by atoms with van der Waals surface area (Å²) < 4.78 is 5.80. The summed E-state index contributed by atoms with van der Waals surface area (Å²) in [6.07, 6.45) is 2.34. The van der Waals surface area contributed by atoms with E-state index in [0.29, 0.717) is 43.9 Å². The van der Waals surface area contributed by atoms with Crippen molar-refractivity contribution < 1.29 is 9.53 Å². The lowest BCUT2D eigenvalue weighted by Gasteiger charge is -2.35. The van der Waals surface area contributed by atoms with Crippen LogP contribution in [0.15, 0.2) is 18.3 Å². The van der Waals surface area contributed by atoms with Crippen molar-refractivity contribution in [3.63, 3.8) is 0 Å². The molecule has 0 unspecified atom stereocenters. The number of aromatic nitrogens is 3. The topological polar surface area (TPSA) is 98.1 Å². The van der Waals surface area contributed by atoms with E-state index in [1.54, 1.807) is 18.3 Å². The van der Waals surface area contributed by atoms with Crippen LogP contribution in [0.3, 0.4) is 0 Å². The average molecular weight is 366 g/mol. The maximum absolute atomic E-state index is 13.0. The molecule has 8 heteroatoms.